The molecule has 0 aliphatic carbocycles. The van der Waals surface area contributed by atoms with Gasteiger partial charge in [0.2, 0.25) is 0 Å². The van der Waals surface area contributed by atoms with Gasteiger partial charge in [-0.3, -0.25) is 4.79 Å². The van der Waals surface area contributed by atoms with Gasteiger partial charge in [-0.2, -0.15) is 0 Å². The van der Waals surface area contributed by atoms with Crippen LogP contribution in [-0.2, 0) is 0 Å². The van der Waals surface area contributed by atoms with E-state index in [0.29, 0.717) is 18.1 Å². The first kappa shape index (κ1) is 15.4. The van der Waals surface area contributed by atoms with E-state index in [-0.39, 0.29) is 11.3 Å². The van der Waals surface area contributed by atoms with Crippen LogP contribution in [0.5, 0.6) is 0 Å². The second-order valence-electron chi connectivity index (χ2n) is 5.65. The van der Waals surface area contributed by atoms with Crippen molar-refractivity contribution in [2.75, 3.05) is 13.1 Å². The van der Waals surface area contributed by atoms with E-state index in [0.717, 1.165) is 28.4 Å². The number of hydrogen-bond acceptors (Lipinski definition) is 2. The number of hydrogen-bond donors (Lipinski definition) is 1. The third-order valence-corrected chi connectivity index (χ3v) is 5.72. The third kappa shape index (κ3) is 2.88. The zero-order valence-corrected chi connectivity index (χ0v) is 14.2. The number of carbonyl (C=O) groups is 1. The van der Waals surface area contributed by atoms with Crippen LogP contribution < -0.4 is 5.73 Å². The van der Waals surface area contributed by atoms with Gasteiger partial charge in [-0.15, -0.1) is 0 Å². The molecular formula is C15H19BrN2OS. The van der Waals surface area contributed by atoms with Crippen molar-refractivity contribution >= 4 is 39.0 Å². The minimum absolute atomic E-state index is 0.0746. The highest BCUT2D eigenvalue weighted by Crippen LogP contribution is 2.32. The van der Waals surface area contributed by atoms with Gasteiger partial charge in [-0.1, -0.05) is 31.3 Å². The molecule has 1 amide bonds. The van der Waals surface area contributed by atoms with Crippen LogP contribution in [0.3, 0.4) is 0 Å². The summed E-state index contributed by atoms with van der Waals surface area (Å²) in [4.78, 5) is 15.0. The Morgan fingerprint density at radius 2 is 2.00 bits per heavy atom. The molecule has 0 spiro atoms. The summed E-state index contributed by atoms with van der Waals surface area (Å²) in [5, 5.41) is 0. The van der Waals surface area contributed by atoms with Gasteiger partial charge in [-0.25, -0.2) is 0 Å². The molecule has 3 nitrogen and oxygen atoms in total. The number of thiocarbonyl (C=S) groups is 1. The van der Waals surface area contributed by atoms with E-state index in [1.54, 1.807) is 0 Å². The minimum Gasteiger partial charge on any atom is -0.393 e. The van der Waals surface area contributed by atoms with E-state index in [1.807, 2.05) is 30.0 Å². The molecule has 1 aromatic carbocycles. The first-order chi connectivity index (χ1) is 9.35. The van der Waals surface area contributed by atoms with Gasteiger partial charge in [0.25, 0.3) is 5.91 Å². The van der Waals surface area contributed by atoms with Crippen molar-refractivity contribution in [1.29, 1.82) is 0 Å². The highest BCUT2D eigenvalue weighted by Gasteiger charge is 2.34. The largest absolute Gasteiger partial charge is 0.393 e. The Labute approximate surface area is 133 Å². The van der Waals surface area contributed by atoms with Crippen LogP contribution in [0.1, 0.15) is 35.7 Å². The molecule has 1 aliphatic rings. The first-order valence-electron chi connectivity index (χ1n) is 6.69. The number of aryl methyl sites for hydroxylation is 1. The monoisotopic (exact) mass is 354 g/mol. The van der Waals surface area contributed by atoms with Crippen molar-refractivity contribution in [2.45, 2.75) is 26.7 Å². The molecule has 1 aromatic rings. The van der Waals surface area contributed by atoms with Crippen molar-refractivity contribution in [1.82, 2.24) is 4.90 Å². The minimum atomic E-state index is -0.115. The lowest BCUT2D eigenvalue weighted by Crippen LogP contribution is -2.46. The molecule has 0 radical (unpaired) electrons. The van der Waals surface area contributed by atoms with Gasteiger partial charge >= 0.3 is 0 Å². The number of amides is 1. The second kappa shape index (κ2) is 5.82. The van der Waals surface area contributed by atoms with Gasteiger partial charge in [0, 0.05) is 23.0 Å². The van der Waals surface area contributed by atoms with E-state index >= 15 is 0 Å². The Kier molecular flexibility index (Phi) is 4.49. The van der Waals surface area contributed by atoms with E-state index in [4.69, 9.17) is 18.0 Å². The number of halogens is 1. The summed E-state index contributed by atoms with van der Waals surface area (Å²) in [6.07, 6.45) is 1.66. The normalized spacial score (nSPS) is 17.9. The Balaban J connectivity index is 2.13. The maximum atomic E-state index is 12.6. The molecule has 1 saturated heterocycles. The molecule has 0 saturated carbocycles. The van der Waals surface area contributed by atoms with Crippen molar-refractivity contribution in [3.63, 3.8) is 0 Å². The maximum absolute atomic E-state index is 12.6. The zero-order chi connectivity index (χ0) is 14.9. The summed E-state index contributed by atoms with van der Waals surface area (Å²) < 4.78 is 0.882. The molecule has 20 heavy (non-hydrogen) atoms. The molecule has 0 aromatic heterocycles. The van der Waals surface area contributed by atoms with E-state index < -0.39 is 0 Å². The quantitative estimate of drug-likeness (QED) is 0.828. The predicted molar refractivity (Wildman–Crippen MR) is 88.9 cm³/mol. The van der Waals surface area contributed by atoms with Gasteiger partial charge in [0.1, 0.15) is 0 Å². The predicted octanol–water partition coefficient (Wildman–Crippen LogP) is 3.29. The van der Waals surface area contributed by atoms with E-state index in [1.165, 1.54) is 0 Å². The number of carbonyl (C=O) groups excluding carboxylic acids is 1. The van der Waals surface area contributed by atoms with E-state index in [2.05, 4.69) is 22.9 Å². The Hall–Kier alpha value is -0.940. The highest BCUT2D eigenvalue weighted by atomic mass is 79.9. The molecule has 1 fully saturated rings. The first-order valence-corrected chi connectivity index (χ1v) is 7.89. The molecule has 0 bridgehead atoms. The summed E-state index contributed by atoms with van der Waals surface area (Å²) in [5.41, 5.74) is 7.48. The van der Waals surface area contributed by atoms with Gasteiger partial charge in [-0.05, 0) is 47.3 Å². The van der Waals surface area contributed by atoms with Crippen LogP contribution in [0.4, 0.5) is 0 Å². The van der Waals surface area contributed by atoms with Crippen molar-refractivity contribution < 1.29 is 4.79 Å². The fourth-order valence-corrected chi connectivity index (χ4v) is 3.07. The number of nitrogens with zero attached hydrogens (tertiary/aromatic N) is 1. The molecule has 2 rings (SSSR count). The van der Waals surface area contributed by atoms with Crippen molar-refractivity contribution in [3.8, 4) is 0 Å². The number of rotatable bonds is 2. The fourth-order valence-electron chi connectivity index (χ4n) is 2.43. The maximum Gasteiger partial charge on any atom is 0.255 e. The molecule has 2 N–H and O–H groups in total. The van der Waals surface area contributed by atoms with Crippen LogP contribution in [-0.4, -0.2) is 28.9 Å². The lowest BCUT2D eigenvalue weighted by molar-refractivity contribution is 0.0669. The second-order valence-corrected chi connectivity index (χ2v) is 6.89. The van der Waals surface area contributed by atoms with Crippen LogP contribution in [0.2, 0.25) is 0 Å². The Morgan fingerprint density at radius 3 is 2.55 bits per heavy atom. The standard InChI is InChI=1S/C15H19BrN2OS/c1-10-4-3-5-11(12(10)16)13(19)18-8-6-15(2,7-9-18)14(17)20/h3-5H,6-9H2,1-2H3,(H2,17,20). The van der Waals surface area contributed by atoms with Crippen LogP contribution in [0.15, 0.2) is 22.7 Å². The summed E-state index contributed by atoms with van der Waals surface area (Å²) in [5.74, 6) is 0.0746. The Morgan fingerprint density at radius 1 is 1.40 bits per heavy atom. The summed E-state index contributed by atoms with van der Waals surface area (Å²) in [7, 11) is 0. The van der Waals surface area contributed by atoms with Crippen molar-refractivity contribution in [3.05, 3.63) is 33.8 Å². The number of likely N-dealkylation sites (tertiary alicyclic amines) is 1. The number of nitrogens with two attached hydrogens (primary N) is 1. The van der Waals surface area contributed by atoms with Crippen LogP contribution >= 0.6 is 28.1 Å². The molecular weight excluding hydrogens is 336 g/mol. The molecule has 5 heteroatoms. The topological polar surface area (TPSA) is 46.3 Å². The van der Waals surface area contributed by atoms with Gasteiger partial charge in [0.05, 0.1) is 10.6 Å². The number of benzene rings is 1. The van der Waals surface area contributed by atoms with Gasteiger partial charge < -0.3 is 10.6 Å². The lowest BCUT2D eigenvalue weighted by Gasteiger charge is -2.38. The summed E-state index contributed by atoms with van der Waals surface area (Å²) >= 11 is 8.64. The zero-order valence-electron chi connectivity index (χ0n) is 11.8. The molecule has 108 valence electrons. The van der Waals surface area contributed by atoms with Crippen LogP contribution in [0.25, 0.3) is 0 Å². The molecule has 1 heterocycles. The van der Waals surface area contributed by atoms with Crippen molar-refractivity contribution in [2.24, 2.45) is 11.1 Å². The third-order valence-electron chi connectivity index (χ3n) is 4.17. The average Bonchev–Trinajstić information content (AvgIpc) is 2.42. The Bertz CT molecular complexity index is 551. The average molecular weight is 355 g/mol. The van der Waals surface area contributed by atoms with E-state index in [9.17, 15) is 4.79 Å². The molecule has 0 atom stereocenters. The molecule has 1 aliphatic heterocycles. The fraction of sp³-hybridized carbons (Fsp3) is 0.467. The number of piperidine rings is 1. The summed E-state index contributed by atoms with van der Waals surface area (Å²) in [6.45, 7) is 5.47. The molecule has 0 unspecified atom stereocenters. The highest BCUT2D eigenvalue weighted by molar-refractivity contribution is 9.10. The van der Waals surface area contributed by atoms with Gasteiger partial charge in [0.15, 0.2) is 0 Å². The van der Waals surface area contributed by atoms with Crippen LogP contribution in [0, 0.1) is 12.3 Å². The lowest BCUT2D eigenvalue weighted by atomic mass is 9.80. The summed E-state index contributed by atoms with van der Waals surface area (Å²) in [6, 6.07) is 5.76. The smallest absolute Gasteiger partial charge is 0.255 e. The SMILES string of the molecule is Cc1cccc(C(=O)N2CCC(C)(C(N)=S)CC2)c1Br.